The van der Waals surface area contributed by atoms with E-state index >= 15 is 0 Å². The number of anilines is 1. The molecule has 0 bridgehead atoms. The highest BCUT2D eigenvalue weighted by Crippen LogP contribution is 2.24. The molecule has 29 heavy (non-hydrogen) atoms. The van der Waals surface area contributed by atoms with E-state index in [9.17, 15) is 4.79 Å². The lowest BCUT2D eigenvalue weighted by Gasteiger charge is -2.26. The number of aliphatic hydroxyl groups is 1. The second-order valence-corrected chi connectivity index (χ2v) is 8.86. The van der Waals surface area contributed by atoms with E-state index in [1.54, 1.807) is 0 Å². The Labute approximate surface area is 171 Å². The molecule has 0 saturated heterocycles. The molecule has 4 rings (SSSR count). The van der Waals surface area contributed by atoms with Gasteiger partial charge in [0.2, 0.25) is 0 Å². The number of hydrogen-bond acceptors (Lipinski definition) is 4. The van der Waals surface area contributed by atoms with E-state index in [-0.39, 0.29) is 18.5 Å². The number of benzene rings is 2. The van der Waals surface area contributed by atoms with E-state index < -0.39 is 5.60 Å². The van der Waals surface area contributed by atoms with Gasteiger partial charge in [-0.2, -0.15) is 0 Å². The zero-order chi connectivity index (χ0) is 20.6. The van der Waals surface area contributed by atoms with Crippen molar-refractivity contribution in [1.29, 1.82) is 0 Å². The fraction of sp³-hybridized carbons (Fsp3) is 0.400. The van der Waals surface area contributed by atoms with Crippen molar-refractivity contribution in [1.82, 2.24) is 0 Å². The van der Waals surface area contributed by atoms with Crippen molar-refractivity contribution in [3.63, 3.8) is 0 Å². The molecule has 0 heterocycles. The van der Waals surface area contributed by atoms with Gasteiger partial charge in [0.05, 0.1) is 12.5 Å². The highest BCUT2D eigenvalue weighted by atomic mass is 16.6. The van der Waals surface area contributed by atoms with Crippen molar-refractivity contribution in [3.8, 4) is 0 Å². The van der Waals surface area contributed by atoms with Gasteiger partial charge in [0.15, 0.2) is 0 Å². The minimum atomic E-state index is -0.460. The number of fused-ring (bicyclic) bond motifs is 4. The quantitative estimate of drug-likeness (QED) is 0.786. The predicted octanol–water partition coefficient (Wildman–Crippen LogP) is 2.40. The number of rotatable bonds is 4. The zero-order valence-corrected chi connectivity index (χ0v) is 17.4. The van der Waals surface area contributed by atoms with Crippen LogP contribution in [-0.2, 0) is 22.4 Å². The first-order chi connectivity index (χ1) is 13.9. The summed E-state index contributed by atoms with van der Waals surface area (Å²) in [5.74, 6) is -0.222. The third-order valence-corrected chi connectivity index (χ3v) is 5.61. The van der Waals surface area contributed by atoms with E-state index in [2.05, 4.69) is 47.8 Å². The van der Waals surface area contributed by atoms with Crippen molar-refractivity contribution in [3.05, 3.63) is 62.3 Å². The Morgan fingerprint density at radius 2 is 1.97 bits per heavy atom. The summed E-state index contributed by atoms with van der Waals surface area (Å²) in [7, 11) is 0. The molecule has 1 unspecified atom stereocenters. The van der Waals surface area contributed by atoms with Crippen LogP contribution in [0, 0.1) is 16.4 Å². The molecule has 2 aliphatic rings. The molecule has 0 spiro atoms. The Kier molecular flexibility index (Phi) is 5.22. The van der Waals surface area contributed by atoms with Crippen molar-refractivity contribution in [2.45, 2.75) is 45.6 Å². The Bertz CT molecular complexity index is 1160. The molecule has 0 aromatic heterocycles. The predicted molar refractivity (Wildman–Crippen MR) is 116 cm³/mol. The SMILES string of the molecule is CC(C)(C)OC(=O)C1CC=c2ccc3c(c2C1)CC=c1c(NCCO)cccc1=3. The Balaban J connectivity index is 1.79. The molecule has 1 atom stereocenters. The summed E-state index contributed by atoms with van der Waals surface area (Å²) in [6.45, 7) is 6.40. The maximum Gasteiger partial charge on any atom is 0.310 e. The maximum atomic E-state index is 12.7. The Hall–Kier alpha value is -2.59. The van der Waals surface area contributed by atoms with Gasteiger partial charge >= 0.3 is 5.97 Å². The summed E-state index contributed by atoms with van der Waals surface area (Å²) in [5.41, 5.74) is 3.19. The molecule has 0 radical (unpaired) electrons. The second kappa shape index (κ2) is 7.68. The molecular weight excluding hydrogens is 362 g/mol. The van der Waals surface area contributed by atoms with Crippen LogP contribution in [-0.4, -0.2) is 29.8 Å². The lowest BCUT2D eigenvalue weighted by molar-refractivity contribution is -0.159. The van der Waals surface area contributed by atoms with Gasteiger partial charge in [-0.3, -0.25) is 4.79 Å². The minimum Gasteiger partial charge on any atom is -0.460 e. The van der Waals surface area contributed by atoms with E-state index in [0.29, 0.717) is 6.54 Å². The molecule has 0 fully saturated rings. The number of aliphatic hydroxyl groups excluding tert-OH is 1. The molecule has 2 aliphatic carbocycles. The Morgan fingerprint density at radius 3 is 2.72 bits per heavy atom. The van der Waals surface area contributed by atoms with Crippen LogP contribution >= 0.6 is 0 Å². The van der Waals surface area contributed by atoms with Gasteiger partial charge in [-0.1, -0.05) is 36.4 Å². The number of ether oxygens (including phenoxy) is 1. The molecule has 4 nitrogen and oxygen atoms in total. The number of hydrogen-bond donors (Lipinski definition) is 2. The third-order valence-electron chi connectivity index (χ3n) is 5.61. The number of carbonyl (C=O) groups is 1. The van der Waals surface area contributed by atoms with Crippen LogP contribution in [0.15, 0.2) is 30.3 Å². The molecule has 4 heteroatoms. The van der Waals surface area contributed by atoms with E-state index in [4.69, 9.17) is 9.84 Å². The van der Waals surface area contributed by atoms with Gasteiger partial charge in [0.25, 0.3) is 0 Å². The van der Waals surface area contributed by atoms with Gasteiger partial charge in [-0.05, 0) is 72.9 Å². The van der Waals surface area contributed by atoms with Crippen molar-refractivity contribution in [2.75, 3.05) is 18.5 Å². The van der Waals surface area contributed by atoms with Gasteiger partial charge in [-0.15, -0.1) is 0 Å². The second-order valence-electron chi connectivity index (χ2n) is 8.86. The van der Waals surface area contributed by atoms with Crippen LogP contribution in [0.3, 0.4) is 0 Å². The largest absolute Gasteiger partial charge is 0.460 e. The first-order valence-corrected chi connectivity index (χ1v) is 10.4. The van der Waals surface area contributed by atoms with Crippen LogP contribution in [0.2, 0.25) is 0 Å². The van der Waals surface area contributed by atoms with E-state index in [0.717, 1.165) is 24.9 Å². The monoisotopic (exact) mass is 391 g/mol. The normalized spacial score (nSPS) is 17.2. The first kappa shape index (κ1) is 19.7. The molecule has 2 aromatic rings. The molecule has 0 aliphatic heterocycles. The van der Waals surface area contributed by atoms with Crippen molar-refractivity contribution < 1.29 is 14.6 Å². The van der Waals surface area contributed by atoms with Crippen LogP contribution < -0.4 is 15.8 Å². The van der Waals surface area contributed by atoms with Gasteiger partial charge in [-0.25, -0.2) is 0 Å². The highest BCUT2D eigenvalue weighted by Gasteiger charge is 2.28. The van der Waals surface area contributed by atoms with Crippen LogP contribution in [0.1, 0.15) is 38.3 Å². The summed E-state index contributed by atoms with van der Waals surface area (Å²) in [4.78, 5) is 12.7. The lowest BCUT2D eigenvalue weighted by atomic mass is 9.84. The fourth-order valence-corrected chi connectivity index (χ4v) is 4.36. The summed E-state index contributed by atoms with van der Waals surface area (Å²) >= 11 is 0. The maximum absolute atomic E-state index is 12.7. The van der Waals surface area contributed by atoms with Gasteiger partial charge < -0.3 is 15.2 Å². The highest BCUT2D eigenvalue weighted by molar-refractivity contribution is 5.75. The number of nitrogens with one attached hydrogen (secondary N) is 1. The van der Waals surface area contributed by atoms with Crippen LogP contribution in [0.25, 0.3) is 12.2 Å². The van der Waals surface area contributed by atoms with Crippen LogP contribution in [0.4, 0.5) is 5.69 Å². The average Bonchev–Trinajstić information content (AvgIpc) is 2.69. The van der Waals surface area contributed by atoms with E-state index in [1.807, 2.05) is 20.8 Å². The molecular formula is C25H29NO3. The smallest absolute Gasteiger partial charge is 0.310 e. The topological polar surface area (TPSA) is 58.6 Å². The molecule has 2 N–H and O–H groups in total. The van der Waals surface area contributed by atoms with Crippen LogP contribution in [0.5, 0.6) is 0 Å². The first-order valence-electron chi connectivity index (χ1n) is 10.4. The van der Waals surface area contributed by atoms with Crippen molar-refractivity contribution in [2.24, 2.45) is 5.92 Å². The van der Waals surface area contributed by atoms with Gasteiger partial charge in [0, 0.05) is 17.5 Å². The average molecular weight is 392 g/mol. The molecule has 2 aromatic carbocycles. The number of carbonyl (C=O) groups excluding carboxylic acids is 1. The summed E-state index contributed by atoms with van der Waals surface area (Å²) in [6.07, 6.45) is 6.75. The summed E-state index contributed by atoms with van der Waals surface area (Å²) in [6, 6.07) is 10.7. The van der Waals surface area contributed by atoms with Gasteiger partial charge in [0.1, 0.15) is 5.60 Å². The molecule has 0 amide bonds. The molecule has 0 saturated carbocycles. The fourth-order valence-electron chi connectivity index (χ4n) is 4.36. The third kappa shape index (κ3) is 3.95. The van der Waals surface area contributed by atoms with Crippen molar-refractivity contribution >= 4 is 23.8 Å². The Morgan fingerprint density at radius 1 is 1.14 bits per heavy atom. The molecule has 152 valence electrons. The zero-order valence-electron chi connectivity index (χ0n) is 17.4. The summed E-state index contributed by atoms with van der Waals surface area (Å²) in [5, 5.41) is 17.3. The van der Waals surface area contributed by atoms with E-state index in [1.165, 1.54) is 32.0 Å². The lowest BCUT2D eigenvalue weighted by Crippen LogP contribution is -2.33. The summed E-state index contributed by atoms with van der Waals surface area (Å²) < 4.78 is 5.65. The number of esters is 1. The minimum absolute atomic E-state index is 0.104. The standard InChI is InChI=1S/C25H29NO3/c1-25(2,3)29-24(28)17-8-7-16-9-10-19-18-5-4-6-23(26-13-14-27)21(18)12-11-20(19)22(16)15-17/h4-7,9-10,12,17,26-27H,8,11,13-15H2,1-3H3.